The van der Waals surface area contributed by atoms with Gasteiger partial charge in [0, 0.05) is 6.42 Å². The second kappa shape index (κ2) is 8.28. The molecule has 2 nitrogen and oxygen atoms in total. The number of likely N-dealkylation sites (tertiary alicyclic amines) is 1. The molecule has 1 aliphatic rings. The highest BCUT2D eigenvalue weighted by molar-refractivity contribution is 6.34. The van der Waals surface area contributed by atoms with E-state index in [1.807, 2.05) is 6.07 Å². The first kappa shape index (κ1) is 19.0. The molecule has 5 heteroatoms. The molecule has 138 valence electrons. The second-order valence-electron chi connectivity index (χ2n) is 7.12. The highest BCUT2D eigenvalue weighted by Crippen LogP contribution is 2.24. The van der Waals surface area contributed by atoms with Gasteiger partial charge in [-0.25, -0.2) is 8.78 Å². The van der Waals surface area contributed by atoms with E-state index >= 15 is 0 Å². The van der Waals surface area contributed by atoms with Crippen molar-refractivity contribution in [2.45, 2.75) is 25.7 Å². The standard InChI is InChI=1S/C21H22ClF2NO/c1-25-7-5-14(6-8-25)9-15-10-16(12-17(23)11-15)13-20(26)21-18(22)3-2-4-19(21)24/h2-4,10-12,14H,5-9,13H2,1H3. The Kier molecular flexibility index (Phi) is 6.05. The van der Waals surface area contributed by atoms with Gasteiger partial charge in [0.2, 0.25) is 0 Å². The minimum Gasteiger partial charge on any atom is -0.306 e. The minimum atomic E-state index is -0.648. The average molecular weight is 378 g/mol. The summed E-state index contributed by atoms with van der Waals surface area (Å²) in [5.41, 5.74) is 1.31. The fraction of sp³-hybridized carbons (Fsp3) is 0.381. The number of rotatable bonds is 5. The number of ketones is 1. The summed E-state index contributed by atoms with van der Waals surface area (Å²) in [6.07, 6.45) is 2.91. The normalized spacial score (nSPS) is 16.0. The number of carbonyl (C=O) groups is 1. The zero-order valence-corrected chi connectivity index (χ0v) is 15.5. The lowest BCUT2D eigenvalue weighted by atomic mass is 9.89. The molecule has 1 saturated heterocycles. The van der Waals surface area contributed by atoms with Gasteiger partial charge in [-0.1, -0.05) is 23.7 Å². The molecular formula is C21H22ClF2NO. The number of nitrogens with zero attached hydrogens (tertiary/aromatic N) is 1. The van der Waals surface area contributed by atoms with E-state index in [1.54, 1.807) is 0 Å². The van der Waals surface area contributed by atoms with Gasteiger partial charge >= 0.3 is 0 Å². The van der Waals surface area contributed by atoms with Crippen molar-refractivity contribution in [2.75, 3.05) is 20.1 Å². The predicted octanol–water partition coefficient (Wildman–Crippen LogP) is 4.93. The lowest BCUT2D eigenvalue weighted by Gasteiger charge is -2.29. The van der Waals surface area contributed by atoms with Crippen molar-refractivity contribution >= 4 is 17.4 Å². The molecule has 0 saturated carbocycles. The van der Waals surface area contributed by atoms with Crippen molar-refractivity contribution in [1.29, 1.82) is 0 Å². The van der Waals surface area contributed by atoms with Crippen LogP contribution in [0.1, 0.15) is 34.3 Å². The quantitative estimate of drug-likeness (QED) is 0.689. The maximum Gasteiger partial charge on any atom is 0.171 e. The molecule has 0 atom stereocenters. The number of halogens is 3. The van der Waals surface area contributed by atoms with Gasteiger partial charge < -0.3 is 4.90 Å². The molecule has 1 fully saturated rings. The van der Waals surface area contributed by atoms with Crippen molar-refractivity contribution in [1.82, 2.24) is 4.90 Å². The van der Waals surface area contributed by atoms with E-state index in [1.165, 1.54) is 30.3 Å². The van der Waals surface area contributed by atoms with E-state index in [0.29, 0.717) is 11.5 Å². The van der Waals surface area contributed by atoms with Crippen molar-refractivity contribution in [2.24, 2.45) is 5.92 Å². The number of Topliss-reactive ketones (excluding diaryl/α,β-unsaturated/α-hetero) is 1. The van der Waals surface area contributed by atoms with E-state index in [-0.39, 0.29) is 22.8 Å². The average Bonchev–Trinajstić information content (AvgIpc) is 2.56. The first-order chi connectivity index (χ1) is 12.4. The summed E-state index contributed by atoms with van der Waals surface area (Å²) < 4.78 is 28.0. The van der Waals surface area contributed by atoms with Crippen LogP contribution in [0.3, 0.4) is 0 Å². The van der Waals surface area contributed by atoms with E-state index in [9.17, 15) is 13.6 Å². The van der Waals surface area contributed by atoms with Gasteiger partial charge in [0.15, 0.2) is 5.78 Å². The van der Waals surface area contributed by atoms with Gasteiger partial charge in [-0.05, 0) is 80.7 Å². The molecule has 0 unspecified atom stereocenters. The maximum absolute atomic E-state index is 14.0. The molecule has 0 bridgehead atoms. The van der Waals surface area contributed by atoms with E-state index in [4.69, 9.17) is 11.6 Å². The number of hydrogen-bond donors (Lipinski definition) is 0. The Labute approximate surface area is 157 Å². The summed E-state index contributed by atoms with van der Waals surface area (Å²) in [7, 11) is 2.11. The molecule has 2 aromatic rings. The van der Waals surface area contributed by atoms with Gasteiger partial charge in [0.25, 0.3) is 0 Å². The van der Waals surface area contributed by atoms with Crippen LogP contribution in [0.25, 0.3) is 0 Å². The SMILES string of the molecule is CN1CCC(Cc2cc(F)cc(CC(=O)c3c(F)cccc3Cl)c2)CC1. The molecule has 0 aromatic heterocycles. The van der Waals surface area contributed by atoms with Crippen LogP contribution >= 0.6 is 11.6 Å². The number of piperidine rings is 1. The van der Waals surface area contributed by atoms with Gasteiger partial charge in [-0.15, -0.1) is 0 Å². The molecule has 0 N–H and O–H groups in total. The molecule has 2 aromatic carbocycles. The van der Waals surface area contributed by atoms with E-state index in [0.717, 1.165) is 37.9 Å². The third-order valence-corrected chi connectivity index (χ3v) is 5.30. The highest BCUT2D eigenvalue weighted by Gasteiger charge is 2.19. The zero-order valence-electron chi connectivity index (χ0n) is 14.8. The lowest BCUT2D eigenvalue weighted by molar-refractivity contribution is 0.0989. The lowest BCUT2D eigenvalue weighted by Crippen LogP contribution is -2.30. The third-order valence-electron chi connectivity index (χ3n) is 4.99. The van der Waals surface area contributed by atoms with Gasteiger partial charge in [-0.2, -0.15) is 0 Å². The summed E-state index contributed by atoms with van der Waals surface area (Å²) in [5, 5.41) is 0.0814. The van der Waals surface area contributed by atoms with Crippen LogP contribution in [0.2, 0.25) is 5.02 Å². The Hall–Kier alpha value is -1.78. The van der Waals surface area contributed by atoms with Crippen molar-refractivity contribution < 1.29 is 13.6 Å². The van der Waals surface area contributed by atoms with Gasteiger partial charge in [0.05, 0.1) is 10.6 Å². The Morgan fingerprint density at radius 1 is 1.15 bits per heavy atom. The number of hydrogen-bond acceptors (Lipinski definition) is 2. The largest absolute Gasteiger partial charge is 0.306 e. The molecule has 0 aliphatic carbocycles. The van der Waals surface area contributed by atoms with Crippen LogP contribution in [0.4, 0.5) is 8.78 Å². The Morgan fingerprint density at radius 3 is 2.54 bits per heavy atom. The van der Waals surface area contributed by atoms with E-state index < -0.39 is 11.6 Å². The molecule has 26 heavy (non-hydrogen) atoms. The number of benzene rings is 2. The van der Waals surface area contributed by atoms with Crippen LogP contribution in [-0.2, 0) is 12.8 Å². The Bertz CT molecular complexity index is 780. The van der Waals surface area contributed by atoms with Crippen LogP contribution in [-0.4, -0.2) is 30.8 Å². The zero-order chi connectivity index (χ0) is 18.7. The monoisotopic (exact) mass is 377 g/mol. The molecule has 0 radical (unpaired) electrons. The fourth-order valence-electron chi connectivity index (χ4n) is 3.57. The smallest absolute Gasteiger partial charge is 0.171 e. The van der Waals surface area contributed by atoms with Crippen LogP contribution < -0.4 is 0 Å². The molecule has 3 rings (SSSR count). The van der Waals surface area contributed by atoms with Crippen LogP contribution in [0.15, 0.2) is 36.4 Å². The van der Waals surface area contributed by atoms with Crippen molar-refractivity contribution in [3.63, 3.8) is 0 Å². The van der Waals surface area contributed by atoms with Crippen LogP contribution in [0.5, 0.6) is 0 Å². The summed E-state index contributed by atoms with van der Waals surface area (Å²) in [6.45, 7) is 2.11. The van der Waals surface area contributed by atoms with Crippen molar-refractivity contribution in [3.05, 3.63) is 69.7 Å². The molecule has 1 heterocycles. The predicted molar refractivity (Wildman–Crippen MR) is 99.8 cm³/mol. The first-order valence-electron chi connectivity index (χ1n) is 8.86. The topological polar surface area (TPSA) is 20.3 Å². The molecule has 0 spiro atoms. The summed E-state index contributed by atoms with van der Waals surface area (Å²) >= 11 is 5.95. The van der Waals surface area contributed by atoms with Gasteiger partial charge in [0.1, 0.15) is 11.6 Å². The Balaban J connectivity index is 1.74. The second-order valence-corrected chi connectivity index (χ2v) is 7.52. The summed E-state index contributed by atoms with van der Waals surface area (Å²) in [6, 6.07) is 8.86. The highest BCUT2D eigenvalue weighted by atomic mass is 35.5. The maximum atomic E-state index is 14.0. The number of carbonyl (C=O) groups excluding carboxylic acids is 1. The summed E-state index contributed by atoms with van der Waals surface area (Å²) in [5.74, 6) is -0.926. The third kappa shape index (κ3) is 4.68. The Morgan fingerprint density at radius 2 is 1.85 bits per heavy atom. The van der Waals surface area contributed by atoms with Gasteiger partial charge in [-0.3, -0.25) is 4.79 Å². The summed E-state index contributed by atoms with van der Waals surface area (Å²) in [4.78, 5) is 14.7. The molecule has 1 aliphatic heterocycles. The fourth-order valence-corrected chi connectivity index (χ4v) is 3.84. The minimum absolute atomic E-state index is 0.0706. The molecular weight excluding hydrogens is 356 g/mol. The first-order valence-corrected chi connectivity index (χ1v) is 9.24. The molecule has 0 amide bonds. The van der Waals surface area contributed by atoms with E-state index in [2.05, 4.69) is 11.9 Å². The van der Waals surface area contributed by atoms with Crippen LogP contribution in [0, 0.1) is 17.6 Å². The van der Waals surface area contributed by atoms with Crippen molar-refractivity contribution in [3.8, 4) is 0 Å².